The molecule has 4 heteroatoms. The molecule has 1 fully saturated rings. The molecule has 15 heavy (non-hydrogen) atoms. The molecule has 0 atom stereocenters. The third kappa shape index (κ3) is 6.47. The van der Waals surface area contributed by atoms with E-state index in [1.165, 1.54) is 0 Å². The van der Waals surface area contributed by atoms with E-state index in [0.717, 1.165) is 25.9 Å². The maximum Gasteiger partial charge on any atom is 0.245 e. The predicted octanol–water partition coefficient (Wildman–Crippen LogP) is 0.869. The first-order chi connectivity index (χ1) is 7.22. The lowest BCUT2D eigenvalue weighted by molar-refractivity contribution is -0.128. The van der Waals surface area contributed by atoms with Crippen molar-refractivity contribution in [3.8, 4) is 0 Å². The average Bonchev–Trinajstić information content (AvgIpc) is 2.30. The van der Waals surface area contributed by atoms with E-state index in [-0.39, 0.29) is 18.6 Å². The number of nitrogens with zero attached hydrogens (tertiary/aromatic N) is 1. The summed E-state index contributed by atoms with van der Waals surface area (Å²) in [7, 11) is 3.73. The number of carbonyl (C=O) groups excluding carboxylic acids is 1. The monoisotopic (exact) mass is 216 g/mol. The summed E-state index contributed by atoms with van der Waals surface area (Å²) in [5, 5.41) is 2.54. The van der Waals surface area contributed by atoms with Gasteiger partial charge >= 0.3 is 0 Å². The molecule has 0 aromatic heterocycles. The standard InChI is InChI=1S/C9H18N2O2.C2H6/c1-10-9(12)7-13-8-3-5-11(2)6-4-8;1-2/h8H,3-7H2,1-2H3,(H,10,12);1-2H3. The number of carbonyl (C=O) groups is 1. The number of nitrogens with one attached hydrogen (secondary N) is 1. The second-order valence-electron chi connectivity index (χ2n) is 3.49. The van der Waals surface area contributed by atoms with Gasteiger partial charge in [0.1, 0.15) is 6.61 Å². The highest BCUT2D eigenvalue weighted by Gasteiger charge is 2.17. The van der Waals surface area contributed by atoms with E-state index in [9.17, 15) is 4.79 Å². The van der Waals surface area contributed by atoms with Crippen molar-refractivity contribution in [2.45, 2.75) is 32.8 Å². The molecule has 4 nitrogen and oxygen atoms in total. The molecule has 1 amide bonds. The topological polar surface area (TPSA) is 41.6 Å². The summed E-state index contributed by atoms with van der Waals surface area (Å²) in [5.74, 6) is -0.0427. The third-order valence-electron chi connectivity index (χ3n) is 2.39. The maximum absolute atomic E-state index is 10.9. The van der Waals surface area contributed by atoms with Crippen LogP contribution in [0, 0.1) is 0 Å². The van der Waals surface area contributed by atoms with Crippen LogP contribution in [0.25, 0.3) is 0 Å². The van der Waals surface area contributed by atoms with E-state index < -0.39 is 0 Å². The summed E-state index contributed by atoms with van der Waals surface area (Å²) in [4.78, 5) is 13.1. The lowest BCUT2D eigenvalue weighted by Crippen LogP contribution is -2.36. The number of rotatable bonds is 3. The zero-order valence-corrected chi connectivity index (χ0v) is 10.4. The van der Waals surface area contributed by atoms with Gasteiger partial charge < -0.3 is 15.0 Å². The van der Waals surface area contributed by atoms with E-state index in [1.807, 2.05) is 13.8 Å². The molecule has 1 N–H and O–H groups in total. The highest BCUT2D eigenvalue weighted by molar-refractivity contribution is 5.76. The van der Waals surface area contributed by atoms with Gasteiger partial charge in [-0.05, 0) is 19.9 Å². The van der Waals surface area contributed by atoms with Gasteiger partial charge in [-0.3, -0.25) is 4.79 Å². The fourth-order valence-electron chi connectivity index (χ4n) is 1.42. The number of likely N-dealkylation sites (tertiary alicyclic amines) is 1. The Balaban J connectivity index is 0.000000921. The molecule has 0 bridgehead atoms. The van der Waals surface area contributed by atoms with Gasteiger partial charge in [0, 0.05) is 20.1 Å². The molecule has 0 aromatic carbocycles. The van der Waals surface area contributed by atoms with E-state index in [0.29, 0.717) is 0 Å². The van der Waals surface area contributed by atoms with Crippen molar-refractivity contribution >= 4 is 5.91 Å². The molecule has 1 rings (SSSR count). The zero-order valence-electron chi connectivity index (χ0n) is 10.4. The van der Waals surface area contributed by atoms with E-state index in [1.54, 1.807) is 7.05 Å². The van der Waals surface area contributed by atoms with Crippen molar-refractivity contribution in [2.75, 3.05) is 33.8 Å². The minimum Gasteiger partial charge on any atom is -0.368 e. The van der Waals surface area contributed by atoms with Gasteiger partial charge in [0.15, 0.2) is 0 Å². The summed E-state index contributed by atoms with van der Waals surface area (Å²) in [5.41, 5.74) is 0. The highest BCUT2D eigenvalue weighted by Crippen LogP contribution is 2.11. The van der Waals surface area contributed by atoms with Crippen molar-refractivity contribution < 1.29 is 9.53 Å². The van der Waals surface area contributed by atoms with Gasteiger partial charge in [0.05, 0.1) is 6.10 Å². The molecule has 1 aliphatic heterocycles. The van der Waals surface area contributed by atoms with Crippen LogP contribution in [0.3, 0.4) is 0 Å². The van der Waals surface area contributed by atoms with Crippen LogP contribution in [0.2, 0.25) is 0 Å². The lowest BCUT2D eigenvalue weighted by atomic mass is 10.1. The predicted molar refractivity (Wildman–Crippen MR) is 61.9 cm³/mol. The second-order valence-corrected chi connectivity index (χ2v) is 3.49. The number of piperidine rings is 1. The Morgan fingerprint density at radius 2 is 1.93 bits per heavy atom. The number of amides is 1. The Labute approximate surface area is 93.0 Å². The van der Waals surface area contributed by atoms with Crippen molar-refractivity contribution in [1.82, 2.24) is 10.2 Å². The van der Waals surface area contributed by atoms with Crippen LogP contribution in [0.5, 0.6) is 0 Å². The minimum absolute atomic E-state index is 0.0427. The third-order valence-corrected chi connectivity index (χ3v) is 2.39. The number of hydrogen-bond acceptors (Lipinski definition) is 3. The average molecular weight is 216 g/mol. The quantitative estimate of drug-likeness (QED) is 0.761. The Morgan fingerprint density at radius 3 is 2.40 bits per heavy atom. The molecule has 1 saturated heterocycles. The van der Waals surface area contributed by atoms with Crippen LogP contribution in [0.15, 0.2) is 0 Å². The van der Waals surface area contributed by atoms with Gasteiger partial charge in [-0.25, -0.2) is 0 Å². The van der Waals surface area contributed by atoms with E-state index in [2.05, 4.69) is 17.3 Å². The summed E-state index contributed by atoms with van der Waals surface area (Å²) in [6.07, 6.45) is 2.34. The van der Waals surface area contributed by atoms with Gasteiger partial charge in [0.2, 0.25) is 5.91 Å². The van der Waals surface area contributed by atoms with Gasteiger partial charge in [-0.2, -0.15) is 0 Å². The normalized spacial score (nSPS) is 17.9. The van der Waals surface area contributed by atoms with E-state index >= 15 is 0 Å². The number of ether oxygens (including phenoxy) is 1. The van der Waals surface area contributed by atoms with Crippen LogP contribution >= 0.6 is 0 Å². The molecule has 1 aliphatic rings. The Kier molecular flexibility index (Phi) is 8.33. The molecular formula is C11H24N2O2. The van der Waals surface area contributed by atoms with Gasteiger partial charge in [0.25, 0.3) is 0 Å². The molecular weight excluding hydrogens is 192 g/mol. The fourth-order valence-corrected chi connectivity index (χ4v) is 1.42. The van der Waals surface area contributed by atoms with Crippen molar-refractivity contribution in [3.05, 3.63) is 0 Å². The van der Waals surface area contributed by atoms with Gasteiger partial charge in [-0.1, -0.05) is 13.8 Å². The summed E-state index contributed by atoms with van der Waals surface area (Å²) >= 11 is 0. The van der Waals surface area contributed by atoms with Gasteiger partial charge in [-0.15, -0.1) is 0 Å². The van der Waals surface area contributed by atoms with Crippen molar-refractivity contribution in [1.29, 1.82) is 0 Å². The van der Waals surface area contributed by atoms with Crippen LogP contribution in [0.4, 0.5) is 0 Å². The SMILES string of the molecule is CC.CNC(=O)COC1CCN(C)CC1. The van der Waals surface area contributed by atoms with Crippen LogP contribution in [-0.4, -0.2) is 50.7 Å². The fraction of sp³-hybridized carbons (Fsp3) is 0.909. The molecule has 0 aromatic rings. The molecule has 0 aliphatic carbocycles. The van der Waals surface area contributed by atoms with Crippen molar-refractivity contribution in [3.63, 3.8) is 0 Å². The first kappa shape index (κ1) is 14.4. The zero-order chi connectivity index (χ0) is 11.7. The molecule has 0 radical (unpaired) electrons. The van der Waals surface area contributed by atoms with Crippen LogP contribution in [0.1, 0.15) is 26.7 Å². The largest absolute Gasteiger partial charge is 0.368 e. The van der Waals surface area contributed by atoms with Crippen molar-refractivity contribution in [2.24, 2.45) is 0 Å². The first-order valence-corrected chi connectivity index (χ1v) is 5.73. The number of likely N-dealkylation sites (N-methyl/N-ethyl adjacent to an activating group) is 1. The Morgan fingerprint density at radius 1 is 1.40 bits per heavy atom. The Hall–Kier alpha value is -0.610. The van der Waals surface area contributed by atoms with E-state index in [4.69, 9.17) is 4.74 Å². The molecule has 0 spiro atoms. The first-order valence-electron chi connectivity index (χ1n) is 5.73. The second kappa shape index (κ2) is 8.68. The lowest BCUT2D eigenvalue weighted by Gasteiger charge is -2.28. The number of hydrogen-bond donors (Lipinski definition) is 1. The molecule has 1 heterocycles. The van der Waals surface area contributed by atoms with Crippen LogP contribution < -0.4 is 5.32 Å². The smallest absolute Gasteiger partial charge is 0.245 e. The molecule has 0 saturated carbocycles. The highest BCUT2D eigenvalue weighted by atomic mass is 16.5. The molecule has 90 valence electrons. The summed E-state index contributed by atoms with van der Waals surface area (Å²) < 4.78 is 5.45. The molecule has 0 unspecified atom stereocenters. The minimum atomic E-state index is -0.0427. The summed E-state index contributed by atoms with van der Waals surface area (Å²) in [6.45, 7) is 6.34. The summed E-state index contributed by atoms with van der Waals surface area (Å²) in [6, 6.07) is 0. The van der Waals surface area contributed by atoms with Crippen LogP contribution in [-0.2, 0) is 9.53 Å². The maximum atomic E-state index is 10.9. The Bertz CT molecular complexity index is 166.